The van der Waals surface area contributed by atoms with Crippen molar-refractivity contribution in [2.75, 3.05) is 19.7 Å². The largest absolute Gasteiger partial charge is 0.491 e. The summed E-state index contributed by atoms with van der Waals surface area (Å²) >= 11 is 0. The molecule has 0 aliphatic carbocycles. The topological polar surface area (TPSA) is 56.6 Å². The molecule has 0 unspecified atom stereocenters. The Morgan fingerprint density at radius 2 is 2.08 bits per heavy atom. The molecular weight excluding hydrogens is 318 g/mol. The first-order valence-corrected chi connectivity index (χ1v) is 8.53. The van der Waals surface area contributed by atoms with E-state index in [1.807, 2.05) is 68.4 Å². The van der Waals surface area contributed by atoms with Crippen LogP contribution in [0.5, 0.6) is 5.75 Å². The SMILES string of the molecule is Cn1ccc(CC(=O)N2C[C@@H](COc3ccccc3)OC(C)(C)C2)n1. The van der Waals surface area contributed by atoms with E-state index in [2.05, 4.69) is 5.10 Å². The fourth-order valence-electron chi connectivity index (χ4n) is 3.10. The van der Waals surface area contributed by atoms with Crippen molar-refractivity contribution in [3.05, 3.63) is 48.3 Å². The summed E-state index contributed by atoms with van der Waals surface area (Å²) in [6, 6.07) is 11.5. The van der Waals surface area contributed by atoms with Gasteiger partial charge in [-0.1, -0.05) is 18.2 Å². The summed E-state index contributed by atoms with van der Waals surface area (Å²) in [5.41, 5.74) is 0.386. The van der Waals surface area contributed by atoms with Crippen LogP contribution in [0.2, 0.25) is 0 Å². The van der Waals surface area contributed by atoms with Crippen LogP contribution in [0.15, 0.2) is 42.6 Å². The lowest BCUT2D eigenvalue weighted by Crippen LogP contribution is -2.56. The summed E-state index contributed by atoms with van der Waals surface area (Å²) in [6.45, 7) is 5.52. The number of ether oxygens (including phenoxy) is 2. The van der Waals surface area contributed by atoms with Gasteiger partial charge in [0.25, 0.3) is 0 Å². The molecule has 0 radical (unpaired) electrons. The van der Waals surface area contributed by atoms with Crippen molar-refractivity contribution >= 4 is 5.91 Å². The Morgan fingerprint density at radius 3 is 2.76 bits per heavy atom. The van der Waals surface area contributed by atoms with E-state index in [1.165, 1.54) is 0 Å². The molecule has 2 aromatic rings. The predicted molar refractivity (Wildman–Crippen MR) is 94.4 cm³/mol. The van der Waals surface area contributed by atoms with Gasteiger partial charge >= 0.3 is 0 Å². The molecule has 6 nitrogen and oxygen atoms in total. The summed E-state index contributed by atoms with van der Waals surface area (Å²) < 4.78 is 13.6. The quantitative estimate of drug-likeness (QED) is 0.834. The first-order chi connectivity index (χ1) is 11.9. The Labute approximate surface area is 148 Å². The monoisotopic (exact) mass is 343 g/mol. The lowest BCUT2D eigenvalue weighted by atomic mass is 10.0. The van der Waals surface area contributed by atoms with Crippen molar-refractivity contribution in [2.24, 2.45) is 7.05 Å². The maximum atomic E-state index is 12.7. The molecule has 1 aromatic heterocycles. The number of hydrogen-bond donors (Lipinski definition) is 0. The maximum absolute atomic E-state index is 12.7. The minimum Gasteiger partial charge on any atom is -0.491 e. The first-order valence-electron chi connectivity index (χ1n) is 8.53. The van der Waals surface area contributed by atoms with Crippen molar-refractivity contribution in [1.82, 2.24) is 14.7 Å². The molecule has 134 valence electrons. The van der Waals surface area contributed by atoms with Gasteiger partial charge in [-0.2, -0.15) is 5.10 Å². The van der Waals surface area contributed by atoms with Crippen LogP contribution in [-0.2, 0) is 23.0 Å². The molecule has 1 aromatic carbocycles. The lowest BCUT2D eigenvalue weighted by molar-refractivity contribution is -0.165. The van der Waals surface area contributed by atoms with Gasteiger partial charge in [-0.05, 0) is 32.0 Å². The molecule has 1 atom stereocenters. The fraction of sp³-hybridized carbons (Fsp3) is 0.474. The van der Waals surface area contributed by atoms with Gasteiger partial charge < -0.3 is 14.4 Å². The zero-order valence-electron chi connectivity index (χ0n) is 15.0. The molecule has 0 spiro atoms. The molecule has 0 saturated carbocycles. The van der Waals surface area contributed by atoms with Gasteiger partial charge in [0, 0.05) is 19.8 Å². The van der Waals surface area contributed by atoms with Crippen LogP contribution >= 0.6 is 0 Å². The van der Waals surface area contributed by atoms with E-state index in [1.54, 1.807) is 4.68 Å². The highest BCUT2D eigenvalue weighted by Gasteiger charge is 2.36. The second-order valence-corrected chi connectivity index (χ2v) is 7.06. The fourth-order valence-corrected chi connectivity index (χ4v) is 3.10. The number of para-hydroxylation sites is 1. The van der Waals surface area contributed by atoms with Crippen molar-refractivity contribution in [3.8, 4) is 5.75 Å². The van der Waals surface area contributed by atoms with Gasteiger partial charge in [0.1, 0.15) is 18.5 Å². The molecular formula is C19H25N3O3. The zero-order chi connectivity index (χ0) is 17.9. The Kier molecular flexibility index (Phi) is 5.08. The van der Waals surface area contributed by atoms with Gasteiger partial charge in [0.15, 0.2) is 0 Å². The highest BCUT2D eigenvalue weighted by atomic mass is 16.5. The molecule has 1 fully saturated rings. The predicted octanol–water partition coefficient (Wildman–Crippen LogP) is 2.05. The number of aromatic nitrogens is 2. The van der Waals surface area contributed by atoms with E-state index in [0.717, 1.165) is 11.4 Å². The third-order valence-electron chi connectivity index (χ3n) is 4.11. The van der Waals surface area contributed by atoms with E-state index in [0.29, 0.717) is 26.1 Å². The molecule has 0 bridgehead atoms. The molecule has 1 amide bonds. The van der Waals surface area contributed by atoms with Crippen LogP contribution in [-0.4, -0.2) is 52.0 Å². The highest BCUT2D eigenvalue weighted by Crippen LogP contribution is 2.22. The zero-order valence-corrected chi connectivity index (χ0v) is 15.0. The normalized spacial score (nSPS) is 19.6. The number of nitrogens with zero attached hydrogens (tertiary/aromatic N) is 3. The third kappa shape index (κ3) is 4.82. The van der Waals surface area contributed by atoms with E-state index < -0.39 is 5.60 Å². The van der Waals surface area contributed by atoms with Gasteiger partial charge in [-0.3, -0.25) is 9.48 Å². The number of morpholine rings is 1. The number of rotatable bonds is 5. The molecule has 1 aliphatic rings. The second-order valence-electron chi connectivity index (χ2n) is 7.06. The van der Waals surface area contributed by atoms with Crippen LogP contribution in [0.25, 0.3) is 0 Å². The van der Waals surface area contributed by atoms with Crippen LogP contribution in [0.4, 0.5) is 0 Å². The molecule has 6 heteroatoms. The molecule has 0 N–H and O–H groups in total. The van der Waals surface area contributed by atoms with Crippen molar-refractivity contribution in [1.29, 1.82) is 0 Å². The van der Waals surface area contributed by atoms with E-state index in [4.69, 9.17) is 9.47 Å². The van der Waals surface area contributed by atoms with E-state index in [9.17, 15) is 4.79 Å². The number of hydrogen-bond acceptors (Lipinski definition) is 4. The third-order valence-corrected chi connectivity index (χ3v) is 4.11. The average molecular weight is 343 g/mol. The van der Waals surface area contributed by atoms with Crippen molar-refractivity contribution < 1.29 is 14.3 Å². The molecule has 1 saturated heterocycles. The Hall–Kier alpha value is -2.34. The number of carbonyl (C=O) groups is 1. The van der Waals surface area contributed by atoms with Crippen molar-refractivity contribution in [2.45, 2.75) is 32.0 Å². The van der Waals surface area contributed by atoms with E-state index in [-0.39, 0.29) is 12.0 Å². The summed E-state index contributed by atoms with van der Waals surface area (Å²) in [7, 11) is 1.85. The smallest absolute Gasteiger partial charge is 0.228 e. The first kappa shape index (κ1) is 17.5. The molecule has 3 rings (SSSR count). The Balaban J connectivity index is 1.60. The summed E-state index contributed by atoms with van der Waals surface area (Å²) in [4.78, 5) is 14.5. The van der Waals surface area contributed by atoms with Gasteiger partial charge in [0.05, 0.1) is 24.3 Å². The lowest BCUT2D eigenvalue weighted by Gasteiger charge is -2.42. The van der Waals surface area contributed by atoms with Gasteiger partial charge in [0.2, 0.25) is 5.91 Å². The second kappa shape index (κ2) is 7.27. The summed E-state index contributed by atoms with van der Waals surface area (Å²) in [5.74, 6) is 0.876. The molecule has 1 aliphatic heterocycles. The molecule has 2 heterocycles. The van der Waals surface area contributed by atoms with Gasteiger partial charge in [-0.25, -0.2) is 0 Å². The average Bonchev–Trinajstić information content (AvgIpc) is 2.97. The van der Waals surface area contributed by atoms with Gasteiger partial charge in [-0.15, -0.1) is 0 Å². The maximum Gasteiger partial charge on any atom is 0.228 e. The van der Waals surface area contributed by atoms with Crippen molar-refractivity contribution in [3.63, 3.8) is 0 Å². The summed E-state index contributed by atoms with van der Waals surface area (Å²) in [6.07, 6.45) is 2.00. The number of amides is 1. The summed E-state index contributed by atoms with van der Waals surface area (Å²) in [5, 5.41) is 4.29. The van der Waals surface area contributed by atoms with Crippen LogP contribution in [0, 0.1) is 0 Å². The highest BCUT2D eigenvalue weighted by molar-refractivity contribution is 5.78. The van der Waals surface area contributed by atoms with Crippen LogP contribution in [0.3, 0.4) is 0 Å². The Bertz CT molecular complexity index is 712. The minimum atomic E-state index is -0.400. The number of aryl methyl sites for hydroxylation is 1. The number of carbonyl (C=O) groups excluding carboxylic acids is 1. The standard InChI is InChI=1S/C19H25N3O3/c1-19(2)14-22(18(23)11-15-9-10-21(3)20-15)12-17(25-19)13-24-16-7-5-4-6-8-16/h4-10,17H,11-14H2,1-3H3/t17-/m0/s1. The Morgan fingerprint density at radius 1 is 1.32 bits per heavy atom. The molecule has 25 heavy (non-hydrogen) atoms. The number of benzene rings is 1. The minimum absolute atomic E-state index is 0.0692. The van der Waals surface area contributed by atoms with Crippen LogP contribution < -0.4 is 4.74 Å². The van der Waals surface area contributed by atoms with E-state index >= 15 is 0 Å². The van der Waals surface area contributed by atoms with Crippen LogP contribution in [0.1, 0.15) is 19.5 Å².